The van der Waals surface area contributed by atoms with E-state index in [-0.39, 0.29) is 0 Å². The van der Waals surface area contributed by atoms with Crippen LogP contribution in [0.2, 0.25) is 9.38 Å². The third kappa shape index (κ3) is 13.1. The molecule has 0 saturated heterocycles. The standard InChI is InChI=1S/C6H14S.C6H13.CH3.Sn/c1-2-3-4-5-6-7;1-3-5-6-4-2;;/h7H,2-6H2,1H3;1,3-6H2,2H3;1H3;/q;;;+1/p-1. The number of unbranched alkanes of at least 4 members (excludes halogenated alkanes) is 6. The van der Waals surface area contributed by atoms with Gasteiger partial charge in [-0.05, 0) is 0 Å². The Bertz CT molecular complexity index is 117. The van der Waals surface area contributed by atoms with Crippen molar-refractivity contribution in [2.45, 2.75) is 74.6 Å². The Balaban J connectivity index is 3.08. The number of hydrogen-bond donors (Lipinski definition) is 0. The van der Waals surface area contributed by atoms with Crippen LogP contribution in [-0.2, 0) is 0 Å². The normalized spacial score (nSPS) is 11.2. The summed E-state index contributed by atoms with van der Waals surface area (Å²) < 4.78 is 1.63. The zero-order valence-corrected chi connectivity index (χ0v) is 14.6. The molecule has 0 saturated carbocycles. The molecule has 0 amide bonds. The zero-order chi connectivity index (χ0) is 11.4. The van der Waals surface area contributed by atoms with Crippen molar-refractivity contribution in [2.75, 3.05) is 5.75 Å². The molecule has 0 fully saturated rings. The summed E-state index contributed by atoms with van der Waals surface area (Å²) in [5, 5.41) is 0. The van der Waals surface area contributed by atoms with Crippen molar-refractivity contribution in [2.24, 2.45) is 0 Å². The predicted octanol–water partition coefficient (Wildman–Crippen LogP) is 5.50. The van der Waals surface area contributed by atoms with Crippen molar-refractivity contribution in [1.29, 1.82) is 0 Å². The molecule has 0 unspecified atom stereocenters. The Kier molecular flexibility index (Phi) is 14.2. The summed E-state index contributed by atoms with van der Waals surface area (Å²) in [6, 6.07) is 0. The molecule has 1 radical (unpaired) electrons. The Hall–Kier alpha value is 1.15. The molecule has 0 N–H and O–H groups in total. The van der Waals surface area contributed by atoms with Crippen LogP contribution in [0.3, 0.4) is 0 Å². The maximum absolute atomic E-state index is 2.60. The fourth-order valence-corrected chi connectivity index (χ4v) is 11.0. The molecule has 0 aromatic carbocycles. The molecule has 0 aliphatic rings. The molecule has 2 heteroatoms. The van der Waals surface area contributed by atoms with Crippen LogP contribution in [-0.4, -0.2) is 24.1 Å². The van der Waals surface area contributed by atoms with Gasteiger partial charge in [0.2, 0.25) is 0 Å². The van der Waals surface area contributed by atoms with Crippen LogP contribution in [0.15, 0.2) is 0 Å². The van der Waals surface area contributed by atoms with Crippen LogP contribution in [0.4, 0.5) is 0 Å². The van der Waals surface area contributed by atoms with Gasteiger partial charge < -0.3 is 0 Å². The van der Waals surface area contributed by atoms with E-state index in [0.717, 1.165) is 0 Å². The molecule has 91 valence electrons. The van der Waals surface area contributed by atoms with E-state index in [9.17, 15) is 0 Å². The summed E-state index contributed by atoms with van der Waals surface area (Å²) in [4.78, 5) is 2.60. The molecule has 0 aromatic heterocycles. The SMILES string of the molecule is CCCCCC[S][Sn]([CH3])[CH2]CCCCC. The van der Waals surface area contributed by atoms with Gasteiger partial charge in [-0.1, -0.05) is 0 Å². The fraction of sp³-hybridized carbons (Fsp3) is 1.00. The van der Waals surface area contributed by atoms with Crippen LogP contribution in [0.5, 0.6) is 0 Å². The first-order chi connectivity index (χ1) is 7.31. The van der Waals surface area contributed by atoms with Crippen molar-refractivity contribution in [3.05, 3.63) is 0 Å². The Morgan fingerprint density at radius 2 is 1.40 bits per heavy atom. The molecular weight excluding hydrogens is 307 g/mol. The van der Waals surface area contributed by atoms with Gasteiger partial charge in [0.15, 0.2) is 0 Å². The van der Waals surface area contributed by atoms with Crippen LogP contribution in [0, 0.1) is 0 Å². The first-order valence-electron chi connectivity index (χ1n) is 6.76. The van der Waals surface area contributed by atoms with Crippen molar-refractivity contribution in [1.82, 2.24) is 0 Å². The average Bonchev–Trinajstić information content (AvgIpc) is 2.24. The van der Waals surface area contributed by atoms with Crippen LogP contribution >= 0.6 is 8.95 Å². The van der Waals surface area contributed by atoms with Gasteiger partial charge in [-0.2, -0.15) is 0 Å². The summed E-state index contributed by atoms with van der Waals surface area (Å²) >= 11 is -0.909. The second-order valence-corrected chi connectivity index (χ2v) is 17.7. The van der Waals surface area contributed by atoms with E-state index in [1.807, 2.05) is 0 Å². The van der Waals surface area contributed by atoms with E-state index in [4.69, 9.17) is 0 Å². The summed E-state index contributed by atoms with van der Waals surface area (Å²) in [7, 11) is 2.38. The Labute approximate surface area is 107 Å². The van der Waals surface area contributed by atoms with Crippen LogP contribution in [0.1, 0.15) is 65.2 Å². The molecule has 15 heavy (non-hydrogen) atoms. The molecule has 0 atom stereocenters. The van der Waals surface area contributed by atoms with E-state index in [1.54, 1.807) is 4.44 Å². The quantitative estimate of drug-likeness (QED) is 0.355. The second kappa shape index (κ2) is 13.2. The van der Waals surface area contributed by atoms with Gasteiger partial charge >= 0.3 is 108 Å². The van der Waals surface area contributed by atoms with Crippen LogP contribution in [0.25, 0.3) is 0 Å². The maximum atomic E-state index is 2.60. The molecule has 0 nitrogen and oxygen atoms in total. The molecule has 0 bridgehead atoms. The van der Waals surface area contributed by atoms with Crippen molar-refractivity contribution in [3.8, 4) is 0 Å². The molecule has 0 heterocycles. The molecule has 0 aliphatic carbocycles. The number of hydrogen-bond acceptors (Lipinski definition) is 1. The van der Waals surface area contributed by atoms with Gasteiger partial charge in [-0.15, -0.1) is 0 Å². The topological polar surface area (TPSA) is 0 Å². The summed E-state index contributed by atoms with van der Waals surface area (Å²) in [5.41, 5.74) is 0. The van der Waals surface area contributed by atoms with Crippen LogP contribution < -0.4 is 0 Å². The monoisotopic (exact) mass is 337 g/mol. The van der Waals surface area contributed by atoms with E-state index >= 15 is 0 Å². The third-order valence-electron chi connectivity index (χ3n) is 2.73. The average molecular weight is 336 g/mol. The van der Waals surface area contributed by atoms with Gasteiger partial charge in [0, 0.05) is 0 Å². The Morgan fingerprint density at radius 1 is 0.800 bits per heavy atom. The molecule has 0 aromatic rings. The van der Waals surface area contributed by atoms with Gasteiger partial charge in [0.1, 0.15) is 0 Å². The number of rotatable bonds is 11. The Morgan fingerprint density at radius 3 is 2.00 bits per heavy atom. The fourth-order valence-electron chi connectivity index (χ4n) is 1.65. The summed E-state index contributed by atoms with van der Waals surface area (Å²) in [5.74, 6) is 1.47. The zero-order valence-electron chi connectivity index (χ0n) is 11.0. The van der Waals surface area contributed by atoms with Gasteiger partial charge in [-0.25, -0.2) is 0 Å². The molecule has 0 aliphatic heterocycles. The second-order valence-electron chi connectivity index (χ2n) is 4.42. The van der Waals surface area contributed by atoms with Gasteiger partial charge in [0.05, 0.1) is 0 Å². The molecule has 0 rings (SSSR count). The van der Waals surface area contributed by atoms with Crippen molar-refractivity contribution in [3.63, 3.8) is 0 Å². The van der Waals surface area contributed by atoms with E-state index in [0.29, 0.717) is 0 Å². The van der Waals surface area contributed by atoms with E-state index < -0.39 is 18.4 Å². The summed E-state index contributed by atoms with van der Waals surface area (Å²) in [6.07, 6.45) is 11.6. The van der Waals surface area contributed by atoms with E-state index in [2.05, 4.69) is 27.7 Å². The van der Waals surface area contributed by atoms with Gasteiger partial charge in [-0.3, -0.25) is 0 Å². The molecular formula is C13H29SSn. The first kappa shape index (κ1) is 16.1. The molecule has 0 spiro atoms. The van der Waals surface area contributed by atoms with Crippen molar-refractivity contribution < 1.29 is 0 Å². The minimum absolute atomic E-state index is 0.909. The summed E-state index contributed by atoms with van der Waals surface area (Å²) in [6.45, 7) is 4.59. The van der Waals surface area contributed by atoms with E-state index in [1.165, 1.54) is 57.1 Å². The predicted molar refractivity (Wildman–Crippen MR) is 77.2 cm³/mol. The minimum atomic E-state index is -0.909. The van der Waals surface area contributed by atoms with Gasteiger partial charge in [0.25, 0.3) is 0 Å². The first-order valence-corrected chi connectivity index (χ1v) is 16.1. The third-order valence-corrected chi connectivity index (χ3v) is 14.1. The van der Waals surface area contributed by atoms with Crippen molar-refractivity contribution >= 4 is 27.3 Å².